The Morgan fingerprint density at radius 2 is 2.19 bits per heavy atom. The highest BCUT2D eigenvalue weighted by Crippen LogP contribution is 2.17. The molecule has 0 atom stereocenters. The van der Waals surface area contributed by atoms with Crippen LogP contribution in [0, 0.1) is 0 Å². The molecule has 2 rings (SSSR count). The van der Waals surface area contributed by atoms with Gasteiger partial charge in [0.1, 0.15) is 5.82 Å². The number of hydrazine groups is 1. The fourth-order valence-electron chi connectivity index (χ4n) is 1.25. The Morgan fingerprint density at radius 1 is 1.38 bits per heavy atom. The molecule has 2 aromatic rings. The van der Waals surface area contributed by atoms with Crippen LogP contribution in [-0.2, 0) is 6.54 Å². The molecule has 0 saturated heterocycles. The molecule has 0 radical (unpaired) electrons. The van der Waals surface area contributed by atoms with Crippen molar-refractivity contribution in [1.29, 1.82) is 0 Å². The number of hydrogen-bond acceptors (Lipinski definition) is 4. The summed E-state index contributed by atoms with van der Waals surface area (Å²) in [5.41, 5.74) is 3.14. The van der Waals surface area contributed by atoms with Gasteiger partial charge < -0.3 is 5.43 Å². The van der Waals surface area contributed by atoms with E-state index in [0.717, 1.165) is 0 Å². The molecule has 0 bridgehead atoms. The highest BCUT2D eigenvalue weighted by molar-refractivity contribution is 6.31. The molecular formula is C9H9Cl2N5. The first kappa shape index (κ1) is 11.2. The Kier molecular flexibility index (Phi) is 3.28. The number of nitrogen functional groups attached to an aromatic ring is 1. The molecule has 0 aromatic carbocycles. The van der Waals surface area contributed by atoms with Crippen LogP contribution in [0.1, 0.15) is 5.69 Å². The van der Waals surface area contributed by atoms with E-state index in [1.165, 1.54) is 0 Å². The molecule has 0 saturated carbocycles. The Hall–Kier alpha value is -1.30. The second kappa shape index (κ2) is 4.69. The zero-order valence-electron chi connectivity index (χ0n) is 8.19. The summed E-state index contributed by atoms with van der Waals surface area (Å²) in [4.78, 5) is 4.22. The zero-order chi connectivity index (χ0) is 11.5. The van der Waals surface area contributed by atoms with Crippen molar-refractivity contribution in [2.45, 2.75) is 6.54 Å². The van der Waals surface area contributed by atoms with Gasteiger partial charge in [-0.05, 0) is 12.1 Å². The minimum Gasteiger partial charge on any atom is -0.308 e. The van der Waals surface area contributed by atoms with E-state index in [9.17, 15) is 0 Å². The van der Waals surface area contributed by atoms with E-state index in [1.54, 1.807) is 29.2 Å². The summed E-state index contributed by atoms with van der Waals surface area (Å²) in [6.07, 6.45) is 3.25. The van der Waals surface area contributed by atoms with E-state index < -0.39 is 0 Å². The molecular weight excluding hydrogens is 249 g/mol. The second-order valence-electron chi connectivity index (χ2n) is 3.13. The Bertz CT molecular complexity index is 496. The highest BCUT2D eigenvalue weighted by Gasteiger charge is 2.05. The molecule has 16 heavy (non-hydrogen) atoms. The predicted octanol–water partition coefficient (Wildman–Crippen LogP) is 1.92. The van der Waals surface area contributed by atoms with Gasteiger partial charge in [0.25, 0.3) is 0 Å². The first-order valence-corrected chi connectivity index (χ1v) is 5.24. The third-order valence-electron chi connectivity index (χ3n) is 1.98. The van der Waals surface area contributed by atoms with Crippen LogP contribution in [0.3, 0.4) is 0 Å². The van der Waals surface area contributed by atoms with Gasteiger partial charge in [0.2, 0.25) is 0 Å². The number of aromatic nitrogens is 3. The van der Waals surface area contributed by atoms with Crippen molar-refractivity contribution in [1.82, 2.24) is 14.8 Å². The minimum absolute atomic E-state index is 0.446. The maximum atomic E-state index is 6.00. The van der Waals surface area contributed by atoms with Gasteiger partial charge in [-0.1, -0.05) is 23.2 Å². The number of halogens is 2. The van der Waals surface area contributed by atoms with Crippen LogP contribution in [0.2, 0.25) is 10.0 Å². The number of pyridine rings is 1. The quantitative estimate of drug-likeness (QED) is 0.651. The number of rotatable bonds is 3. The minimum atomic E-state index is 0.446. The number of nitrogens with two attached hydrogens (primary N) is 1. The summed E-state index contributed by atoms with van der Waals surface area (Å²) >= 11 is 11.8. The van der Waals surface area contributed by atoms with Crippen molar-refractivity contribution in [3.63, 3.8) is 0 Å². The van der Waals surface area contributed by atoms with Gasteiger partial charge >= 0.3 is 0 Å². The van der Waals surface area contributed by atoms with Crippen molar-refractivity contribution in [2.75, 3.05) is 5.43 Å². The van der Waals surface area contributed by atoms with Crippen LogP contribution in [0.4, 0.5) is 5.82 Å². The first-order chi connectivity index (χ1) is 7.69. The fraction of sp³-hybridized carbons (Fsp3) is 0.111. The third kappa shape index (κ3) is 2.44. The van der Waals surface area contributed by atoms with E-state index in [4.69, 9.17) is 29.0 Å². The largest absolute Gasteiger partial charge is 0.308 e. The summed E-state index contributed by atoms with van der Waals surface area (Å²) < 4.78 is 1.65. The average Bonchev–Trinajstić information content (AvgIpc) is 2.67. The summed E-state index contributed by atoms with van der Waals surface area (Å²) in [5, 5.41) is 5.18. The zero-order valence-corrected chi connectivity index (χ0v) is 9.70. The molecule has 0 amide bonds. The van der Waals surface area contributed by atoms with Gasteiger partial charge in [-0.2, -0.15) is 5.10 Å². The molecule has 3 N–H and O–H groups in total. The molecule has 0 spiro atoms. The third-order valence-corrected chi connectivity index (χ3v) is 2.52. The van der Waals surface area contributed by atoms with Gasteiger partial charge in [-0.15, -0.1) is 0 Å². The number of nitrogens with zero attached hydrogens (tertiary/aromatic N) is 3. The van der Waals surface area contributed by atoms with Gasteiger partial charge in [0, 0.05) is 6.20 Å². The van der Waals surface area contributed by atoms with E-state index in [2.05, 4.69) is 15.5 Å². The van der Waals surface area contributed by atoms with Crippen LogP contribution in [-0.4, -0.2) is 14.8 Å². The first-order valence-electron chi connectivity index (χ1n) is 4.49. The van der Waals surface area contributed by atoms with Crippen molar-refractivity contribution in [3.05, 3.63) is 40.3 Å². The molecule has 0 unspecified atom stereocenters. The number of hydrogen-bond donors (Lipinski definition) is 2. The lowest BCUT2D eigenvalue weighted by atomic mass is 10.3. The molecule has 7 heteroatoms. The second-order valence-corrected chi connectivity index (χ2v) is 3.97. The Balaban J connectivity index is 2.26. The van der Waals surface area contributed by atoms with Crippen LogP contribution in [0.5, 0.6) is 0 Å². The summed E-state index contributed by atoms with van der Waals surface area (Å²) in [6.45, 7) is 0.446. The van der Waals surface area contributed by atoms with Crippen LogP contribution in [0.25, 0.3) is 0 Å². The Labute approximate surface area is 102 Å². The molecule has 2 heterocycles. The van der Waals surface area contributed by atoms with Gasteiger partial charge in [0.05, 0.1) is 28.5 Å². The average molecular weight is 258 g/mol. The van der Waals surface area contributed by atoms with Gasteiger partial charge in [-0.3, -0.25) is 4.68 Å². The summed E-state index contributed by atoms with van der Waals surface area (Å²) in [6, 6.07) is 3.42. The smallest absolute Gasteiger partial charge is 0.140 e. The maximum Gasteiger partial charge on any atom is 0.140 e. The standard InChI is InChI=1S/C9H9Cl2N5/c10-6-3-13-16(4-6)5-8-7(11)1-2-9(14-8)15-12/h1-4H,5,12H2,(H,14,15). The SMILES string of the molecule is NNc1ccc(Cl)c(Cn2cc(Cl)cn2)n1. The lowest BCUT2D eigenvalue weighted by molar-refractivity contribution is 0.673. The van der Waals surface area contributed by atoms with Crippen molar-refractivity contribution in [2.24, 2.45) is 5.84 Å². The van der Waals surface area contributed by atoms with Crippen molar-refractivity contribution < 1.29 is 0 Å². The highest BCUT2D eigenvalue weighted by atomic mass is 35.5. The molecule has 0 aliphatic heterocycles. The van der Waals surface area contributed by atoms with E-state index in [1.807, 2.05) is 0 Å². The lowest BCUT2D eigenvalue weighted by Crippen LogP contribution is -2.11. The topological polar surface area (TPSA) is 68.8 Å². The molecule has 0 aliphatic rings. The van der Waals surface area contributed by atoms with Crippen LogP contribution in [0.15, 0.2) is 24.5 Å². The van der Waals surface area contributed by atoms with Gasteiger partial charge in [0.15, 0.2) is 0 Å². The van der Waals surface area contributed by atoms with Gasteiger partial charge in [-0.25, -0.2) is 10.8 Å². The molecule has 84 valence electrons. The molecule has 5 nitrogen and oxygen atoms in total. The van der Waals surface area contributed by atoms with E-state index in [-0.39, 0.29) is 0 Å². The lowest BCUT2D eigenvalue weighted by Gasteiger charge is -2.06. The number of anilines is 1. The predicted molar refractivity (Wildman–Crippen MR) is 63.4 cm³/mol. The van der Waals surface area contributed by atoms with E-state index in [0.29, 0.717) is 28.1 Å². The maximum absolute atomic E-state index is 6.00. The summed E-state index contributed by atoms with van der Waals surface area (Å²) in [7, 11) is 0. The summed E-state index contributed by atoms with van der Waals surface area (Å²) in [5.74, 6) is 5.82. The normalized spacial score (nSPS) is 10.4. The van der Waals surface area contributed by atoms with Crippen LogP contribution < -0.4 is 11.3 Å². The molecule has 0 fully saturated rings. The molecule has 0 aliphatic carbocycles. The van der Waals surface area contributed by atoms with Crippen LogP contribution >= 0.6 is 23.2 Å². The van der Waals surface area contributed by atoms with E-state index >= 15 is 0 Å². The fourth-order valence-corrected chi connectivity index (χ4v) is 1.58. The van der Waals surface area contributed by atoms with Crippen molar-refractivity contribution in [3.8, 4) is 0 Å². The Morgan fingerprint density at radius 3 is 2.81 bits per heavy atom. The molecule has 2 aromatic heterocycles. The number of nitrogens with one attached hydrogen (secondary N) is 1. The monoisotopic (exact) mass is 257 g/mol. The van der Waals surface area contributed by atoms with Crippen molar-refractivity contribution >= 4 is 29.0 Å².